The SMILES string of the molecule is Clc1nc2ccccc2nc1NCc1cccs1. The highest BCUT2D eigenvalue weighted by Crippen LogP contribution is 2.22. The number of benzene rings is 1. The van der Waals surface area contributed by atoms with Gasteiger partial charge < -0.3 is 5.32 Å². The lowest BCUT2D eigenvalue weighted by Crippen LogP contribution is -2.02. The molecule has 5 heteroatoms. The first kappa shape index (κ1) is 11.4. The van der Waals surface area contributed by atoms with Gasteiger partial charge in [-0.1, -0.05) is 29.8 Å². The summed E-state index contributed by atoms with van der Waals surface area (Å²) >= 11 is 7.81. The lowest BCUT2D eigenvalue weighted by Gasteiger charge is -2.06. The number of hydrogen-bond donors (Lipinski definition) is 1. The van der Waals surface area contributed by atoms with Crippen molar-refractivity contribution in [2.75, 3.05) is 5.32 Å². The predicted octanol–water partition coefficient (Wildman–Crippen LogP) is 3.96. The first-order valence-corrected chi connectivity index (χ1v) is 6.77. The van der Waals surface area contributed by atoms with Crippen LogP contribution < -0.4 is 5.32 Å². The molecule has 0 saturated carbocycles. The van der Waals surface area contributed by atoms with Gasteiger partial charge in [0.2, 0.25) is 0 Å². The highest BCUT2D eigenvalue weighted by Gasteiger charge is 2.06. The summed E-state index contributed by atoms with van der Waals surface area (Å²) in [5, 5.41) is 5.67. The Kier molecular flexibility index (Phi) is 3.13. The number of thiophene rings is 1. The summed E-state index contributed by atoms with van der Waals surface area (Å²) in [4.78, 5) is 10.0. The van der Waals surface area contributed by atoms with Gasteiger partial charge in [0.15, 0.2) is 11.0 Å². The molecule has 0 bridgehead atoms. The smallest absolute Gasteiger partial charge is 0.172 e. The van der Waals surface area contributed by atoms with Gasteiger partial charge in [-0.3, -0.25) is 0 Å². The molecule has 0 atom stereocenters. The molecule has 18 heavy (non-hydrogen) atoms. The van der Waals surface area contributed by atoms with Gasteiger partial charge >= 0.3 is 0 Å². The molecule has 90 valence electrons. The highest BCUT2D eigenvalue weighted by atomic mass is 35.5. The monoisotopic (exact) mass is 275 g/mol. The van der Waals surface area contributed by atoms with E-state index in [1.54, 1.807) is 11.3 Å². The summed E-state index contributed by atoms with van der Waals surface area (Å²) in [6.45, 7) is 0.713. The Hall–Kier alpha value is -1.65. The van der Waals surface area contributed by atoms with Crippen molar-refractivity contribution in [1.82, 2.24) is 9.97 Å². The largest absolute Gasteiger partial charge is 0.363 e. The van der Waals surface area contributed by atoms with E-state index < -0.39 is 0 Å². The van der Waals surface area contributed by atoms with Crippen molar-refractivity contribution in [3.05, 3.63) is 51.8 Å². The molecule has 0 unspecified atom stereocenters. The quantitative estimate of drug-likeness (QED) is 0.786. The molecule has 0 amide bonds. The number of halogens is 1. The van der Waals surface area contributed by atoms with E-state index in [4.69, 9.17) is 11.6 Å². The molecule has 1 N–H and O–H groups in total. The molecule has 3 nitrogen and oxygen atoms in total. The molecular formula is C13H10ClN3S. The number of nitrogens with zero attached hydrogens (tertiary/aromatic N) is 2. The number of para-hydroxylation sites is 2. The Morgan fingerprint density at radius 2 is 1.83 bits per heavy atom. The zero-order chi connectivity index (χ0) is 12.4. The van der Waals surface area contributed by atoms with E-state index in [-0.39, 0.29) is 0 Å². The van der Waals surface area contributed by atoms with Crippen LogP contribution in [0.1, 0.15) is 4.88 Å². The molecule has 3 aromatic rings. The van der Waals surface area contributed by atoms with Crippen LogP contribution in [0.25, 0.3) is 11.0 Å². The number of aromatic nitrogens is 2. The topological polar surface area (TPSA) is 37.8 Å². The molecule has 0 saturated heterocycles. The van der Waals surface area contributed by atoms with Gasteiger partial charge in [-0.2, -0.15) is 0 Å². The molecule has 3 rings (SSSR count). The maximum Gasteiger partial charge on any atom is 0.172 e. The average molecular weight is 276 g/mol. The number of rotatable bonds is 3. The van der Waals surface area contributed by atoms with E-state index in [0.29, 0.717) is 17.5 Å². The van der Waals surface area contributed by atoms with E-state index in [1.807, 2.05) is 35.7 Å². The Bertz CT molecular complexity index is 667. The Labute approximate surface area is 113 Å². The second kappa shape index (κ2) is 4.92. The van der Waals surface area contributed by atoms with Crippen molar-refractivity contribution >= 4 is 39.8 Å². The third kappa shape index (κ3) is 2.30. The summed E-state index contributed by atoms with van der Waals surface area (Å²) in [7, 11) is 0. The summed E-state index contributed by atoms with van der Waals surface area (Å²) in [6, 6.07) is 11.8. The van der Waals surface area contributed by atoms with Crippen LogP contribution in [0.5, 0.6) is 0 Å². The van der Waals surface area contributed by atoms with Gasteiger partial charge in [-0.15, -0.1) is 11.3 Å². The number of hydrogen-bond acceptors (Lipinski definition) is 4. The van der Waals surface area contributed by atoms with Crippen LogP contribution in [0, 0.1) is 0 Å². The Morgan fingerprint density at radius 1 is 1.06 bits per heavy atom. The first-order chi connectivity index (χ1) is 8.83. The van der Waals surface area contributed by atoms with Crippen molar-refractivity contribution in [2.24, 2.45) is 0 Å². The van der Waals surface area contributed by atoms with Crippen LogP contribution in [-0.2, 0) is 6.54 Å². The van der Waals surface area contributed by atoms with Crippen LogP contribution in [0.2, 0.25) is 5.15 Å². The molecule has 0 fully saturated rings. The Morgan fingerprint density at radius 3 is 2.56 bits per heavy atom. The van der Waals surface area contributed by atoms with Gasteiger partial charge in [-0.25, -0.2) is 9.97 Å². The van der Waals surface area contributed by atoms with Crippen LogP contribution in [-0.4, -0.2) is 9.97 Å². The zero-order valence-electron chi connectivity index (χ0n) is 9.43. The highest BCUT2D eigenvalue weighted by molar-refractivity contribution is 7.09. The van der Waals surface area contributed by atoms with E-state index >= 15 is 0 Å². The van der Waals surface area contributed by atoms with Gasteiger partial charge in [0.1, 0.15) is 0 Å². The third-order valence-corrected chi connectivity index (χ3v) is 3.68. The third-order valence-electron chi connectivity index (χ3n) is 2.54. The normalized spacial score (nSPS) is 10.7. The van der Waals surface area contributed by atoms with Crippen LogP contribution in [0.15, 0.2) is 41.8 Å². The van der Waals surface area contributed by atoms with Crippen LogP contribution in [0.3, 0.4) is 0 Å². The fourth-order valence-electron chi connectivity index (χ4n) is 1.67. The van der Waals surface area contributed by atoms with E-state index in [0.717, 1.165) is 11.0 Å². The fourth-order valence-corrected chi connectivity index (χ4v) is 2.52. The van der Waals surface area contributed by atoms with E-state index in [1.165, 1.54) is 4.88 Å². The lowest BCUT2D eigenvalue weighted by atomic mass is 10.3. The van der Waals surface area contributed by atoms with Gasteiger partial charge in [0.05, 0.1) is 17.6 Å². The number of nitrogens with one attached hydrogen (secondary N) is 1. The summed E-state index contributed by atoms with van der Waals surface area (Å²) < 4.78 is 0. The predicted molar refractivity (Wildman–Crippen MR) is 76.2 cm³/mol. The molecule has 0 spiro atoms. The number of fused-ring (bicyclic) bond motifs is 1. The van der Waals surface area contributed by atoms with Crippen LogP contribution >= 0.6 is 22.9 Å². The first-order valence-electron chi connectivity index (χ1n) is 5.51. The molecule has 0 aliphatic carbocycles. The molecule has 0 aliphatic heterocycles. The fraction of sp³-hybridized carbons (Fsp3) is 0.0769. The van der Waals surface area contributed by atoms with Crippen molar-refractivity contribution < 1.29 is 0 Å². The molecule has 2 heterocycles. The van der Waals surface area contributed by atoms with Gasteiger partial charge in [0.25, 0.3) is 0 Å². The molecule has 0 radical (unpaired) electrons. The average Bonchev–Trinajstić information content (AvgIpc) is 2.89. The summed E-state index contributed by atoms with van der Waals surface area (Å²) in [5.41, 5.74) is 1.65. The second-order valence-electron chi connectivity index (χ2n) is 3.78. The summed E-state index contributed by atoms with van der Waals surface area (Å²) in [6.07, 6.45) is 0. The Balaban J connectivity index is 1.89. The standard InChI is InChI=1S/C13H10ClN3S/c14-12-13(15-8-9-4-3-7-18-9)17-11-6-2-1-5-10(11)16-12/h1-7H,8H2,(H,15,17). The molecule has 0 aliphatic rings. The zero-order valence-corrected chi connectivity index (χ0v) is 11.0. The van der Waals surface area contributed by atoms with Crippen molar-refractivity contribution in [3.63, 3.8) is 0 Å². The maximum absolute atomic E-state index is 6.11. The maximum atomic E-state index is 6.11. The van der Waals surface area contributed by atoms with E-state index in [9.17, 15) is 0 Å². The van der Waals surface area contributed by atoms with Crippen LogP contribution in [0.4, 0.5) is 5.82 Å². The van der Waals surface area contributed by atoms with Gasteiger partial charge in [0, 0.05) is 4.88 Å². The van der Waals surface area contributed by atoms with E-state index in [2.05, 4.69) is 21.4 Å². The summed E-state index contributed by atoms with van der Waals surface area (Å²) in [5.74, 6) is 0.628. The lowest BCUT2D eigenvalue weighted by molar-refractivity contribution is 1.14. The van der Waals surface area contributed by atoms with Gasteiger partial charge in [-0.05, 0) is 23.6 Å². The molecule has 2 aromatic heterocycles. The molecular weight excluding hydrogens is 266 g/mol. The molecule has 1 aromatic carbocycles. The van der Waals surface area contributed by atoms with Crippen molar-refractivity contribution in [3.8, 4) is 0 Å². The minimum Gasteiger partial charge on any atom is -0.363 e. The van der Waals surface area contributed by atoms with Crippen molar-refractivity contribution in [1.29, 1.82) is 0 Å². The minimum absolute atomic E-state index is 0.408. The second-order valence-corrected chi connectivity index (χ2v) is 5.17. The van der Waals surface area contributed by atoms with Crippen molar-refractivity contribution in [2.45, 2.75) is 6.54 Å². The minimum atomic E-state index is 0.408. The number of anilines is 1.